The Labute approximate surface area is 182 Å². The van der Waals surface area contributed by atoms with E-state index in [1.807, 2.05) is 19.9 Å². The van der Waals surface area contributed by atoms with Crippen LogP contribution < -0.4 is 10.2 Å². The molecule has 2 aromatic rings. The molecule has 8 heteroatoms. The summed E-state index contributed by atoms with van der Waals surface area (Å²) < 4.78 is 0. The molecule has 0 saturated carbocycles. The highest BCUT2D eigenvalue weighted by Gasteiger charge is 2.27. The third-order valence-corrected chi connectivity index (χ3v) is 5.97. The zero-order valence-electron chi connectivity index (χ0n) is 17.2. The number of aryl methyl sites for hydroxylation is 1. The lowest BCUT2D eigenvalue weighted by Crippen LogP contribution is -2.53. The number of amides is 1. The van der Waals surface area contributed by atoms with Gasteiger partial charge in [-0.15, -0.1) is 0 Å². The van der Waals surface area contributed by atoms with Crippen molar-refractivity contribution in [3.63, 3.8) is 0 Å². The van der Waals surface area contributed by atoms with Gasteiger partial charge in [0.05, 0.1) is 21.8 Å². The number of anilines is 2. The van der Waals surface area contributed by atoms with Gasteiger partial charge in [-0.1, -0.05) is 43.1 Å². The third-order valence-electron chi connectivity index (χ3n) is 5.15. The zero-order chi connectivity index (χ0) is 21.1. The summed E-state index contributed by atoms with van der Waals surface area (Å²) in [5.74, 6) is 2.02. The van der Waals surface area contributed by atoms with Crippen molar-refractivity contribution < 1.29 is 4.79 Å². The molecule has 0 spiro atoms. The topological polar surface area (TPSA) is 61.4 Å². The molecule has 1 fully saturated rings. The Hall–Kier alpha value is -1.89. The lowest BCUT2D eigenvalue weighted by molar-refractivity contribution is -0.120. The molecule has 0 radical (unpaired) electrons. The van der Waals surface area contributed by atoms with Gasteiger partial charge < -0.3 is 10.2 Å². The lowest BCUT2D eigenvalue weighted by Gasteiger charge is -2.38. The maximum absolute atomic E-state index is 12.7. The van der Waals surface area contributed by atoms with Gasteiger partial charge in [0.25, 0.3) is 0 Å². The second-order valence-corrected chi connectivity index (χ2v) is 8.46. The van der Waals surface area contributed by atoms with Gasteiger partial charge in [0.15, 0.2) is 0 Å². The molecule has 1 aromatic heterocycles. The number of nitrogens with zero attached hydrogens (tertiary/aromatic N) is 4. The largest absolute Gasteiger partial charge is 0.354 e. The number of piperazine rings is 1. The van der Waals surface area contributed by atoms with Gasteiger partial charge in [0, 0.05) is 43.9 Å². The molecule has 1 N–H and O–H groups in total. The van der Waals surface area contributed by atoms with Crippen LogP contribution in [0.5, 0.6) is 0 Å². The minimum atomic E-state index is -0.273. The Morgan fingerprint density at radius 3 is 2.45 bits per heavy atom. The number of aromatic nitrogens is 2. The Bertz CT molecular complexity index is 881. The minimum absolute atomic E-state index is 0.0948. The van der Waals surface area contributed by atoms with Crippen LogP contribution in [0.3, 0.4) is 0 Å². The highest BCUT2D eigenvalue weighted by Crippen LogP contribution is 2.29. The molecule has 2 heterocycles. The van der Waals surface area contributed by atoms with Gasteiger partial charge in [0.2, 0.25) is 5.91 Å². The Morgan fingerprint density at radius 2 is 1.79 bits per heavy atom. The molecule has 6 nitrogen and oxygen atoms in total. The summed E-state index contributed by atoms with van der Waals surface area (Å²) >= 11 is 12.2. The molecule has 3 rings (SSSR count). The van der Waals surface area contributed by atoms with Crippen molar-refractivity contribution in [3.8, 4) is 0 Å². The summed E-state index contributed by atoms with van der Waals surface area (Å²) in [5.41, 5.74) is 1.51. The predicted octanol–water partition coefficient (Wildman–Crippen LogP) is 4.36. The zero-order valence-corrected chi connectivity index (χ0v) is 18.8. The normalized spacial score (nSPS) is 16.2. The number of benzene rings is 1. The molecule has 1 saturated heterocycles. The summed E-state index contributed by atoms with van der Waals surface area (Å²) in [6.07, 6.45) is 0. The van der Waals surface area contributed by atoms with E-state index in [1.54, 1.807) is 18.2 Å². The summed E-state index contributed by atoms with van der Waals surface area (Å²) in [4.78, 5) is 26.4. The molecule has 1 atom stereocenters. The quantitative estimate of drug-likeness (QED) is 0.755. The van der Waals surface area contributed by atoms with Crippen LogP contribution in [0, 0.1) is 6.92 Å². The summed E-state index contributed by atoms with van der Waals surface area (Å²) in [5, 5.41) is 3.67. The first-order valence-corrected chi connectivity index (χ1v) is 10.6. The summed E-state index contributed by atoms with van der Waals surface area (Å²) in [6, 6.07) is 6.97. The van der Waals surface area contributed by atoms with Crippen LogP contribution in [-0.2, 0) is 4.79 Å². The van der Waals surface area contributed by atoms with Crippen LogP contribution in [0.1, 0.15) is 38.2 Å². The van der Waals surface area contributed by atoms with Crippen molar-refractivity contribution in [1.29, 1.82) is 0 Å². The second kappa shape index (κ2) is 9.28. The van der Waals surface area contributed by atoms with Crippen molar-refractivity contribution in [2.24, 2.45) is 0 Å². The van der Waals surface area contributed by atoms with Crippen LogP contribution in [-0.4, -0.2) is 53.0 Å². The van der Waals surface area contributed by atoms with E-state index in [1.165, 1.54) is 0 Å². The molecular formula is C21H27Cl2N5O. The van der Waals surface area contributed by atoms with E-state index < -0.39 is 0 Å². The van der Waals surface area contributed by atoms with Gasteiger partial charge in [-0.05, 0) is 26.0 Å². The van der Waals surface area contributed by atoms with Crippen molar-refractivity contribution in [2.75, 3.05) is 36.4 Å². The monoisotopic (exact) mass is 435 g/mol. The fraction of sp³-hybridized carbons (Fsp3) is 0.476. The van der Waals surface area contributed by atoms with Crippen molar-refractivity contribution >= 4 is 40.6 Å². The predicted molar refractivity (Wildman–Crippen MR) is 119 cm³/mol. The number of nitrogens with one attached hydrogen (secondary N) is 1. The van der Waals surface area contributed by atoms with E-state index in [0.29, 0.717) is 15.7 Å². The van der Waals surface area contributed by atoms with Crippen molar-refractivity contribution in [1.82, 2.24) is 14.9 Å². The van der Waals surface area contributed by atoms with Crippen molar-refractivity contribution in [2.45, 2.75) is 39.7 Å². The van der Waals surface area contributed by atoms with Gasteiger partial charge >= 0.3 is 0 Å². The van der Waals surface area contributed by atoms with Gasteiger partial charge in [-0.25, -0.2) is 9.97 Å². The molecule has 0 unspecified atom stereocenters. The van der Waals surface area contributed by atoms with E-state index in [0.717, 1.165) is 43.5 Å². The molecule has 0 aliphatic carbocycles. The van der Waals surface area contributed by atoms with Crippen molar-refractivity contribution in [3.05, 3.63) is 45.8 Å². The van der Waals surface area contributed by atoms with E-state index in [-0.39, 0.29) is 17.9 Å². The average molecular weight is 436 g/mol. The smallest absolute Gasteiger partial charge is 0.241 e. The summed E-state index contributed by atoms with van der Waals surface area (Å²) in [6.45, 7) is 11.3. The molecule has 1 aromatic carbocycles. The van der Waals surface area contributed by atoms with E-state index >= 15 is 0 Å². The molecular weight excluding hydrogens is 409 g/mol. The molecule has 0 bridgehead atoms. The molecule has 1 amide bonds. The fourth-order valence-corrected chi connectivity index (χ4v) is 3.68. The fourth-order valence-electron chi connectivity index (χ4n) is 3.34. The first-order chi connectivity index (χ1) is 13.8. The van der Waals surface area contributed by atoms with Crippen LogP contribution >= 0.6 is 23.2 Å². The minimum Gasteiger partial charge on any atom is -0.354 e. The third kappa shape index (κ3) is 5.18. The maximum Gasteiger partial charge on any atom is 0.241 e. The highest BCUT2D eigenvalue weighted by atomic mass is 35.5. The highest BCUT2D eigenvalue weighted by molar-refractivity contribution is 6.44. The first kappa shape index (κ1) is 21.8. The Balaban J connectivity index is 1.61. The molecule has 1 aliphatic rings. The van der Waals surface area contributed by atoms with Gasteiger partial charge in [-0.3, -0.25) is 9.69 Å². The Morgan fingerprint density at radius 1 is 1.10 bits per heavy atom. The lowest BCUT2D eigenvalue weighted by atomic mass is 10.2. The van der Waals surface area contributed by atoms with E-state index in [2.05, 4.69) is 33.9 Å². The maximum atomic E-state index is 12.7. The second-order valence-electron chi connectivity index (χ2n) is 7.67. The summed E-state index contributed by atoms with van der Waals surface area (Å²) in [7, 11) is 0. The number of carbonyl (C=O) groups excluding carboxylic acids is 1. The van der Waals surface area contributed by atoms with E-state index in [4.69, 9.17) is 28.2 Å². The first-order valence-electron chi connectivity index (χ1n) is 9.85. The van der Waals surface area contributed by atoms with Gasteiger partial charge in [0.1, 0.15) is 11.6 Å². The SMILES string of the molecule is Cc1cc(N2CCN([C@@H](C)C(=O)Nc3cccc(Cl)c3Cl)CC2)nc(C(C)C)n1. The molecule has 29 heavy (non-hydrogen) atoms. The molecule has 156 valence electrons. The number of rotatable bonds is 5. The van der Waals surface area contributed by atoms with Crippen LogP contribution in [0.2, 0.25) is 10.0 Å². The van der Waals surface area contributed by atoms with Crippen LogP contribution in [0.4, 0.5) is 11.5 Å². The molecule has 1 aliphatic heterocycles. The number of hydrogen-bond donors (Lipinski definition) is 1. The number of hydrogen-bond acceptors (Lipinski definition) is 5. The van der Waals surface area contributed by atoms with Crippen LogP contribution in [0.15, 0.2) is 24.3 Å². The number of carbonyl (C=O) groups is 1. The van der Waals surface area contributed by atoms with Crippen LogP contribution in [0.25, 0.3) is 0 Å². The van der Waals surface area contributed by atoms with E-state index in [9.17, 15) is 4.79 Å². The van der Waals surface area contributed by atoms with Gasteiger partial charge in [-0.2, -0.15) is 0 Å². The average Bonchev–Trinajstić information content (AvgIpc) is 2.70. The Kier molecular flexibility index (Phi) is 6.98. The standard InChI is InChI=1S/C21H27Cl2N5O/c1-13(2)20-24-14(3)12-18(26-20)28-10-8-27(9-11-28)15(4)21(29)25-17-7-5-6-16(22)19(17)23/h5-7,12-13,15H,8-11H2,1-4H3,(H,25,29)/t15-/m0/s1. The number of halogens is 2.